The Balaban J connectivity index is 1.44. The fourth-order valence-corrected chi connectivity index (χ4v) is 10.5. The van der Waals surface area contributed by atoms with Crippen LogP contribution in [-0.2, 0) is 33.2 Å². The van der Waals surface area contributed by atoms with E-state index in [2.05, 4.69) is 12.2 Å². The zero-order valence-electron chi connectivity index (χ0n) is 38.7. The fraction of sp³-hybridized carbons (Fsp3) is 0.894. The maximum absolute atomic E-state index is 13.7. The zero-order valence-corrected chi connectivity index (χ0v) is 38.7. The Hall–Kier alpha value is -1.57. The molecule has 15 nitrogen and oxygen atoms in total. The Bertz CT molecular complexity index is 1450. The van der Waals surface area contributed by atoms with Gasteiger partial charge < -0.3 is 69.1 Å². The Kier molecular flexibility index (Phi) is 18.5. The minimum absolute atomic E-state index is 0.0463. The predicted molar refractivity (Wildman–Crippen MR) is 230 cm³/mol. The van der Waals surface area contributed by atoms with E-state index in [0.717, 1.165) is 25.0 Å². The van der Waals surface area contributed by atoms with Crippen molar-refractivity contribution in [2.45, 2.75) is 223 Å². The van der Waals surface area contributed by atoms with Crippen molar-refractivity contribution in [3.8, 4) is 0 Å². The molecule has 1 unspecified atom stereocenters. The summed E-state index contributed by atoms with van der Waals surface area (Å²) in [6.45, 7) is 12.4. The van der Waals surface area contributed by atoms with E-state index in [-0.39, 0.29) is 48.7 Å². The van der Waals surface area contributed by atoms with Gasteiger partial charge in [-0.15, -0.1) is 0 Å². The number of esters is 1. The number of aliphatic hydroxyl groups is 7. The van der Waals surface area contributed by atoms with Gasteiger partial charge in [0.05, 0.1) is 61.0 Å². The Morgan fingerprint density at radius 3 is 2.29 bits per heavy atom. The first-order valence-corrected chi connectivity index (χ1v) is 23.5. The third kappa shape index (κ3) is 12.9. The van der Waals surface area contributed by atoms with Crippen molar-refractivity contribution in [1.29, 1.82) is 0 Å². The number of nitrogens with zero attached hydrogens (tertiary/aromatic N) is 1. The first-order chi connectivity index (χ1) is 29.1. The van der Waals surface area contributed by atoms with Gasteiger partial charge in [-0.05, 0) is 91.3 Å². The second kappa shape index (κ2) is 22.3. The summed E-state index contributed by atoms with van der Waals surface area (Å²) in [6, 6.07) is -0.294. The van der Waals surface area contributed by atoms with E-state index in [1.165, 1.54) is 13.8 Å². The normalized spacial score (nSPS) is 47.5. The highest BCUT2D eigenvalue weighted by molar-refractivity contribution is 5.82. The van der Waals surface area contributed by atoms with Crippen LogP contribution in [0.5, 0.6) is 0 Å². The summed E-state index contributed by atoms with van der Waals surface area (Å²) in [4.78, 5) is 15.6. The third-order valence-corrected chi connectivity index (χ3v) is 14.6. The van der Waals surface area contributed by atoms with Crippen molar-refractivity contribution in [2.75, 3.05) is 14.1 Å². The van der Waals surface area contributed by atoms with E-state index < -0.39 is 96.9 Å². The van der Waals surface area contributed by atoms with E-state index >= 15 is 0 Å². The molecule has 21 atom stereocenters. The van der Waals surface area contributed by atoms with Gasteiger partial charge in [-0.2, -0.15) is 0 Å². The smallest absolute Gasteiger partial charge is 0.330 e. The molecule has 5 aliphatic heterocycles. The van der Waals surface area contributed by atoms with Crippen LogP contribution in [0, 0.1) is 29.6 Å². The van der Waals surface area contributed by atoms with E-state index in [9.17, 15) is 40.5 Å². The molecule has 7 N–H and O–H groups in total. The fourth-order valence-electron chi connectivity index (χ4n) is 10.5. The highest BCUT2D eigenvalue weighted by Gasteiger charge is 2.52. The molecule has 4 saturated heterocycles. The average molecular weight is 884 g/mol. The van der Waals surface area contributed by atoms with Gasteiger partial charge in [0.2, 0.25) is 0 Å². The van der Waals surface area contributed by atoms with E-state index in [0.29, 0.717) is 51.4 Å². The molecule has 0 amide bonds. The lowest BCUT2D eigenvalue weighted by atomic mass is 9.79. The van der Waals surface area contributed by atoms with Gasteiger partial charge in [-0.1, -0.05) is 46.8 Å². The monoisotopic (exact) mass is 884 g/mol. The van der Waals surface area contributed by atoms with Crippen LogP contribution < -0.4 is 0 Å². The largest absolute Gasteiger partial charge is 0.459 e. The standard InChI is InChI=1S/C47H81NO14/c1-10-32(49)22-33-17-14-19-47(61-33)25-37-28(4)35(62-47)24-36-31(21-27(3)45(55)59-36)16-13-11-12-15-26(2)41(52)43(60-39-23-34(50)40(48(8)9)30(6)57-39)42(53)29(5)44(54)46(7,56)20-18-38(51)58-37/h13,16,18,20,26-37,39-45,49-50,52-56H,10-12,14-15,17,19,21-25H2,1-9H3/t26-,27-,28+,29+,30-,31+,32+,33+,34-,35-,36-,37-,39-,40+,41-,42+,43+,44-,45?,46+,47+/m0/s1. The maximum Gasteiger partial charge on any atom is 0.330 e. The Morgan fingerprint density at radius 1 is 0.887 bits per heavy atom. The van der Waals surface area contributed by atoms with Gasteiger partial charge >= 0.3 is 5.97 Å². The number of aliphatic hydroxyl groups excluding tert-OH is 6. The van der Waals surface area contributed by atoms with Gasteiger partial charge in [0.15, 0.2) is 18.4 Å². The second-order valence-electron chi connectivity index (χ2n) is 20.0. The lowest BCUT2D eigenvalue weighted by molar-refractivity contribution is -0.345. The number of allylic oxidation sites excluding steroid dienone is 1. The summed E-state index contributed by atoms with van der Waals surface area (Å²) >= 11 is 0. The van der Waals surface area contributed by atoms with Gasteiger partial charge in [-0.3, -0.25) is 0 Å². The summed E-state index contributed by atoms with van der Waals surface area (Å²) in [5, 5.41) is 79.5. The topological polar surface area (TPSA) is 217 Å². The van der Waals surface area contributed by atoms with Crippen molar-refractivity contribution >= 4 is 5.97 Å². The summed E-state index contributed by atoms with van der Waals surface area (Å²) in [5.74, 6) is -3.76. The SMILES string of the molecule is CC[C@@H](O)C[C@H]1CCC[C@@]2(C[C@@H]3OC(=O)C=C[C@@](C)(O)[C@@H](O)[C@H](C)[C@@H](O)[C@H](O[C@H]4C[C@H](O)[C@H](N(C)C)[C@H](C)O4)[C@@H](O)[C@@H](C)CCCC=C[C@@H]4C[C@H](C)C(O)O[C@H]4C[C@H](O2)[C@H]3C)O1. The number of fused-ring (bicyclic) bond motifs is 3. The molecular weight excluding hydrogens is 803 g/mol. The molecule has 1 spiro atoms. The van der Waals surface area contributed by atoms with E-state index in [4.69, 9.17) is 28.4 Å². The van der Waals surface area contributed by atoms with Crippen LogP contribution in [0.15, 0.2) is 24.3 Å². The van der Waals surface area contributed by atoms with Gasteiger partial charge in [-0.25, -0.2) is 4.79 Å². The highest BCUT2D eigenvalue weighted by atomic mass is 16.7. The van der Waals surface area contributed by atoms with E-state index in [1.54, 1.807) is 0 Å². The van der Waals surface area contributed by atoms with Crippen LogP contribution in [0.4, 0.5) is 0 Å². The number of likely N-dealkylation sites (N-methyl/N-ethyl adjacent to an activating group) is 1. The minimum atomic E-state index is -2.04. The highest BCUT2D eigenvalue weighted by Crippen LogP contribution is 2.46. The third-order valence-electron chi connectivity index (χ3n) is 14.6. The number of hydrogen-bond donors (Lipinski definition) is 7. The summed E-state index contributed by atoms with van der Waals surface area (Å²) < 4.78 is 38.5. The van der Waals surface area contributed by atoms with Crippen LogP contribution in [0.3, 0.4) is 0 Å². The van der Waals surface area contributed by atoms with Crippen LogP contribution >= 0.6 is 0 Å². The van der Waals surface area contributed by atoms with Crippen LogP contribution in [0.25, 0.3) is 0 Å². The molecule has 0 saturated carbocycles. The second-order valence-corrected chi connectivity index (χ2v) is 20.0. The number of rotatable bonds is 6. The van der Waals surface area contributed by atoms with Gasteiger partial charge in [0.25, 0.3) is 0 Å². The molecule has 0 aliphatic carbocycles. The molecule has 15 heteroatoms. The number of carbonyl (C=O) groups is 1. The summed E-state index contributed by atoms with van der Waals surface area (Å²) in [6.07, 6.45) is 1.91. The Labute approximate surface area is 369 Å². The molecule has 4 fully saturated rings. The molecule has 358 valence electrons. The van der Waals surface area contributed by atoms with Crippen LogP contribution in [-0.4, -0.2) is 158 Å². The van der Waals surface area contributed by atoms with Crippen LogP contribution in [0.2, 0.25) is 0 Å². The first-order valence-electron chi connectivity index (χ1n) is 23.5. The minimum Gasteiger partial charge on any atom is -0.459 e. The molecular formula is C47H81NO14. The summed E-state index contributed by atoms with van der Waals surface area (Å²) in [7, 11) is 3.70. The summed E-state index contributed by atoms with van der Waals surface area (Å²) in [5.41, 5.74) is -2.04. The zero-order chi connectivity index (χ0) is 45.7. The van der Waals surface area contributed by atoms with Crippen molar-refractivity contribution < 1.29 is 69.0 Å². The molecule has 0 aromatic heterocycles. The molecule has 0 aromatic carbocycles. The number of ether oxygens (including phenoxy) is 6. The maximum atomic E-state index is 13.7. The lowest BCUT2D eigenvalue weighted by Gasteiger charge is -2.51. The van der Waals surface area contributed by atoms with Crippen molar-refractivity contribution in [3.63, 3.8) is 0 Å². The molecule has 0 radical (unpaired) electrons. The first kappa shape index (κ1) is 51.4. The lowest BCUT2D eigenvalue weighted by Crippen LogP contribution is -2.57. The average Bonchev–Trinajstić information content (AvgIpc) is 3.20. The molecule has 0 aromatic rings. The Morgan fingerprint density at radius 2 is 1.61 bits per heavy atom. The molecule has 5 aliphatic rings. The molecule has 5 heterocycles. The number of carbonyl (C=O) groups excluding carboxylic acids is 1. The number of hydrogen-bond acceptors (Lipinski definition) is 15. The van der Waals surface area contributed by atoms with Crippen molar-refractivity contribution in [2.24, 2.45) is 29.6 Å². The van der Waals surface area contributed by atoms with Gasteiger partial charge in [0, 0.05) is 55.4 Å². The van der Waals surface area contributed by atoms with Crippen molar-refractivity contribution in [3.05, 3.63) is 24.3 Å². The van der Waals surface area contributed by atoms with E-state index in [1.807, 2.05) is 53.6 Å². The van der Waals surface area contributed by atoms with Crippen LogP contribution in [0.1, 0.15) is 126 Å². The quantitative estimate of drug-likeness (QED) is 0.150. The molecule has 2 bridgehead atoms. The molecule has 5 rings (SSSR count). The van der Waals surface area contributed by atoms with Crippen molar-refractivity contribution in [1.82, 2.24) is 4.90 Å². The molecule has 62 heavy (non-hydrogen) atoms. The predicted octanol–water partition coefficient (Wildman–Crippen LogP) is 3.71. The van der Waals surface area contributed by atoms with Gasteiger partial charge in [0.1, 0.15) is 17.8 Å².